The van der Waals surface area contributed by atoms with Gasteiger partial charge in [0.25, 0.3) is 0 Å². The number of carbonyl (C=O) groups is 1. The van der Waals surface area contributed by atoms with E-state index in [2.05, 4.69) is 22.0 Å². The summed E-state index contributed by atoms with van der Waals surface area (Å²) < 4.78 is 7.09. The summed E-state index contributed by atoms with van der Waals surface area (Å²) in [6.07, 6.45) is 1.43. The number of hydrogen-bond donors (Lipinski definition) is 1. The summed E-state index contributed by atoms with van der Waals surface area (Å²) in [4.78, 5) is 11.1. The molecule has 0 spiro atoms. The Morgan fingerprint density at radius 3 is 2.96 bits per heavy atom. The lowest BCUT2D eigenvalue weighted by atomic mass is 10.0. The number of carboxylic acids is 1. The fourth-order valence-electron chi connectivity index (χ4n) is 2.93. The van der Waals surface area contributed by atoms with Crippen LogP contribution in [-0.2, 0) is 17.6 Å². The second-order valence-corrected chi connectivity index (χ2v) is 6.37. The van der Waals surface area contributed by atoms with Gasteiger partial charge < -0.3 is 9.84 Å². The highest BCUT2D eigenvalue weighted by molar-refractivity contribution is 9.10. The zero-order chi connectivity index (χ0) is 16.4. The fourth-order valence-corrected chi connectivity index (χ4v) is 3.30. The molecule has 4 nitrogen and oxygen atoms in total. The number of halogens is 1. The molecule has 2 aromatic rings. The second-order valence-electron chi connectivity index (χ2n) is 5.45. The third-order valence-electron chi connectivity index (χ3n) is 3.98. The Balaban J connectivity index is 1.95. The van der Waals surface area contributed by atoms with Gasteiger partial charge in [0, 0.05) is 10.0 Å². The third-order valence-corrected chi connectivity index (χ3v) is 4.47. The number of rotatable bonds is 4. The van der Waals surface area contributed by atoms with Crippen LogP contribution in [0.1, 0.15) is 34.8 Å². The Kier molecular flexibility index (Phi) is 4.35. The van der Waals surface area contributed by atoms with Crippen molar-refractivity contribution in [2.75, 3.05) is 0 Å². The molecule has 0 amide bonds. The number of aliphatic carboxylic acids is 1. The van der Waals surface area contributed by atoms with Crippen LogP contribution in [0, 0.1) is 11.3 Å². The molecule has 1 N–H and O–H groups in total. The van der Waals surface area contributed by atoms with Gasteiger partial charge in [0.2, 0.25) is 0 Å². The fraction of sp³-hybridized carbons (Fsp3) is 0.222. The van der Waals surface area contributed by atoms with Gasteiger partial charge in [0.05, 0.1) is 18.1 Å². The Morgan fingerprint density at radius 2 is 2.22 bits per heavy atom. The first-order valence-electron chi connectivity index (χ1n) is 7.27. The van der Waals surface area contributed by atoms with E-state index in [0.29, 0.717) is 16.9 Å². The molecule has 0 heterocycles. The smallest absolute Gasteiger partial charge is 0.308 e. The minimum Gasteiger partial charge on any atom is -0.485 e. The highest BCUT2D eigenvalue weighted by Gasteiger charge is 2.25. The first-order chi connectivity index (χ1) is 11.1. The second kappa shape index (κ2) is 6.43. The first kappa shape index (κ1) is 15.6. The number of nitrogens with zero attached hydrogens (tertiary/aromatic N) is 1. The highest BCUT2D eigenvalue weighted by Crippen LogP contribution is 2.38. The quantitative estimate of drug-likeness (QED) is 0.880. The zero-order valence-corrected chi connectivity index (χ0v) is 13.8. The first-order valence-corrected chi connectivity index (χ1v) is 8.06. The molecule has 0 saturated carbocycles. The van der Waals surface area contributed by atoms with Crippen LogP contribution in [0.4, 0.5) is 0 Å². The van der Waals surface area contributed by atoms with Gasteiger partial charge in [-0.05, 0) is 48.2 Å². The predicted octanol–water partition coefficient (Wildman–Crippen LogP) is 4.01. The summed E-state index contributed by atoms with van der Waals surface area (Å²) in [5, 5.41) is 18.3. The van der Waals surface area contributed by atoms with E-state index in [9.17, 15) is 10.1 Å². The van der Waals surface area contributed by atoms with Gasteiger partial charge in [-0.3, -0.25) is 4.79 Å². The van der Waals surface area contributed by atoms with Crippen molar-refractivity contribution in [2.24, 2.45) is 0 Å². The monoisotopic (exact) mass is 371 g/mol. The van der Waals surface area contributed by atoms with Gasteiger partial charge in [-0.1, -0.05) is 28.1 Å². The molecule has 1 unspecified atom stereocenters. The summed E-state index contributed by atoms with van der Waals surface area (Å²) in [6, 6.07) is 13.2. The van der Waals surface area contributed by atoms with Gasteiger partial charge in [0.1, 0.15) is 11.9 Å². The number of carboxylic acid groups (broad SMARTS) is 1. The lowest BCUT2D eigenvalue weighted by molar-refractivity contribution is -0.136. The van der Waals surface area contributed by atoms with E-state index in [0.717, 1.165) is 22.9 Å². The molecule has 116 valence electrons. The van der Waals surface area contributed by atoms with E-state index < -0.39 is 5.97 Å². The molecule has 2 aromatic carbocycles. The highest BCUT2D eigenvalue weighted by atomic mass is 79.9. The van der Waals surface area contributed by atoms with E-state index in [1.165, 1.54) is 5.56 Å². The van der Waals surface area contributed by atoms with Crippen molar-refractivity contribution in [1.29, 1.82) is 5.26 Å². The average Bonchev–Trinajstić information content (AvgIpc) is 2.91. The molecule has 0 aliphatic heterocycles. The van der Waals surface area contributed by atoms with Crippen LogP contribution in [-0.4, -0.2) is 11.1 Å². The normalized spacial score (nSPS) is 15.7. The lowest BCUT2D eigenvalue weighted by Gasteiger charge is -2.18. The van der Waals surface area contributed by atoms with Crippen LogP contribution in [0.25, 0.3) is 0 Å². The molecule has 1 aliphatic rings. The van der Waals surface area contributed by atoms with Gasteiger partial charge in [-0.25, -0.2) is 0 Å². The molecule has 0 radical (unpaired) electrons. The minimum absolute atomic E-state index is 0.121. The molecule has 23 heavy (non-hydrogen) atoms. The van der Waals surface area contributed by atoms with E-state index in [1.807, 2.05) is 18.2 Å². The van der Waals surface area contributed by atoms with Crippen LogP contribution in [0.3, 0.4) is 0 Å². The molecule has 3 rings (SSSR count). The number of aryl methyl sites for hydroxylation is 1. The molecule has 0 fully saturated rings. The lowest BCUT2D eigenvalue weighted by Crippen LogP contribution is -2.09. The van der Waals surface area contributed by atoms with Crippen LogP contribution < -0.4 is 4.74 Å². The maximum Gasteiger partial charge on any atom is 0.308 e. The van der Waals surface area contributed by atoms with Crippen molar-refractivity contribution in [1.82, 2.24) is 0 Å². The molecule has 0 saturated heterocycles. The Labute approximate surface area is 142 Å². The van der Waals surface area contributed by atoms with Crippen molar-refractivity contribution >= 4 is 21.9 Å². The average molecular weight is 372 g/mol. The summed E-state index contributed by atoms with van der Waals surface area (Å²) in [5.74, 6) is -0.503. The predicted molar refractivity (Wildman–Crippen MR) is 88.3 cm³/mol. The Morgan fingerprint density at radius 1 is 1.39 bits per heavy atom. The standard InChI is InChI=1S/C18H14BrNO3/c19-13-6-4-11-5-7-17(14(11)8-13)23-16-3-1-2-12(10-20)15(16)9-18(21)22/h1-4,6,8,17H,5,7,9H2,(H,21,22). The number of ether oxygens (including phenoxy) is 1. The summed E-state index contributed by atoms with van der Waals surface area (Å²) in [6.45, 7) is 0. The molecule has 5 heteroatoms. The zero-order valence-electron chi connectivity index (χ0n) is 12.3. The van der Waals surface area contributed by atoms with E-state index in [4.69, 9.17) is 9.84 Å². The SMILES string of the molecule is N#Cc1cccc(OC2CCc3ccc(Br)cc32)c1CC(=O)O. The van der Waals surface area contributed by atoms with Crippen LogP contribution in [0.5, 0.6) is 5.75 Å². The van der Waals surface area contributed by atoms with Crippen molar-refractivity contribution in [2.45, 2.75) is 25.4 Å². The topological polar surface area (TPSA) is 70.3 Å². The van der Waals surface area contributed by atoms with E-state index in [-0.39, 0.29) is 12.5 Å². The van der Waals surface area contributed by atoms with Gasteiger partial charge >= 0.3 is 5.97 Å². The van der Waals surface area contributed by atoms with Crippen LogP contribution in [0.15, 0.2) is 40.9 Å². The van der Waals surface area contributed by atoms with Gasteiger partial charge in [0.15, 0.2) is 0 Å². The largest absolute Gasteiger partial charge is 0.485 e. The Bertz CT molecular complexity index is 810. The summed E-state index contributed by atoms with van der Waals surface area (Å²) in [5.41, 5.74) is 3.14. The molecule has 1 aliphatic carbocycles. The number of hydrogen-bond acceptors (Lipinski definition) is 3. The number of benzene rings is 2. The van der Waals surface area contributed by atoms with Crippen molar-refractivity contribution in [3.63, 3.8) is 0 Å². The van der Waals surface area contributed by atoms with E-state index >= 15 is 0 Å². The van der Waals surface area contributed by atoms with Crippen LogP contribution >= 0.6 is 15.9 Å². The van der Waals surface area contributed by atoms with E-state index in [1.54, 1.807) is 18.2 Å². The van der Waals surface area contributed by atoms with Crippen molar-refractivity contribution in [3.05, 3.63) is 63.1 Å². The van der Waals surface area contributed by atoms with Crippen molar-refractivity contribution in [3.8, 4) is 11.8 Å². The molecule has 0 aromatic heterocycles. The van der Waals surface area contributed by atoms with Gasteiger partial charge in [-0.15, -0.1) is 0 Å². The van der Waals surface area contributed by atoms with Crippen LogP contribution in [0.2, 0.25) is 0 Å². The minimum atomic E-state index is -0.980. The Hall–Kier alpha value is -2.32. The maximum atomic E-state index is 11.1. The van der Waals surface area contributed by atoms with Crippen molar-refractivity contribution < 1.29 is 14.6 Å². The number of fused-ring (bicyclic) bond motifs is 1. The summed E-state index contributed by atoms with van der Waals surface area (Å²) in [7, 11) is 0. The summed E-state index contributed by atoms with van der Waals surface area (Å²) >= 11 is 3.47. The third kappa shape index (κ3) is 3.22. The van der Waals surface area contributed by atoms with Gasteiger partial charge in [-0.2, -0.15) is 5.26 Å². The molecule has 0 bridgehead atoms. The molecule has 1 atom stereocenters. The molecular weight excluding hydrogens is 358 g/mol. The number of nitriles is 1. The maximum absolute atomic E-state index is 11.1. The molecular formula is C18H14BrNO3.